The van der Waals surface area contributed by atoms with Gasteiger partial charge in [-0.15, -0.1) is 5.10 Å². The van der Waals surface area contributed by atoms with Gasteiger partial charge in [0.25, 0.3) is 0 Å². The molecular formula is C13H25N5. The Morgan fingerprint density at radius 2 is 2.33 bits per heavy atom. The predicted octanol–water partition coefficient (Wildman–Crippen LogP) is 1.12. The maximum Gasteiger partial charge on any atom is 0.0964 e. The molecule has 0 amide bonds. The van der Waals surface area contributed by atoms with Crippen molar-refractivity contribution in [1.82, 2.24) is 25.2 Å². The van der Waals surface area contributed by atoms with Gasteiger partial charge in [-0.1, -0.05) is 19.1 Å². The quantitative estimate of drug-likeness (QED) is 0.823. The number of rotatable bonds is 6. The predicted molar refractivity (Wildman–Crippen MR) is 72.2 cm³/mol. The molecule has 1 N–H and O–H groups in total. The van der Waals surface area contributed by atoms with Crippen molar-refractivity contribution >= 4 is 0 Å². The summed E-state index contributed by atoms with van der Waals surface area (Å²) in [6.45, 7) is 10.7. The van der Waals surface area contributed by atoms with Crippen molar-refractivity contribution in [2.24, 2.45) is 5.92 Å². The van der Waals surface area contributed by atoms with Gasteiger partial charge in [0.15, 0.2) is 0 Å². The second kappa shape index (κ2) is 6.85. The zero-order chi connectivity index (χ0) is 12.8. The third kappa shape index (κ3) is 4.07. The normalized spacial score (nSPS) is 21.3. The van der Waals surface area contributed by atoms with Gasteiger partial charge in [-0.2, -0.15) is 0 Å². The highest BCUT2D eigenvalue weighted by Crippen LogP contribution is 2.14. The maximum absolute atomic E-state index is 4.17. The van der Waals surface area contributed by atoms with Crippen LogP contribution in [0.15, 0.2) is 6.20 Å². The van der Waals surface area contributed by atoms with E-state index in [1.165, 1.54) is 25.9 Å². The van der Waals surface area contributed by atoms with Gasteiger partial charge in [0.2, 0.25) is 0 Å². The molecule has 1 aromatic rings. The molecule has 102 valence electrons. The van der Waals surface area contributed by atoms with E-state index in [0.29, 0.717) is 0 Å². The van der Waals surface area contributed by atoms with Crippen LogP contribution in [0.3, 0.4) is 0 Å². The van der Waals surface area contributed by atoms with E-state index in [9.17, 15) is 0 Å². The van der Waals surface area contributed by atoms with Gasteiger partial charge in [0.1, 0.15) is 0 Å². The number of piperidine rings is 1. The summed E-state index contributed by atoms with van der Waals surface area (Å²) in [5.74, 6) is 0.846. The topological polar surface area (TPSA) is 46.0 Å². The summed E-state index contributed by atoms with van der Waals surface area (Å²) < 4.78 is 1.96. The molecule has 0 radical (unpaired) electrons. The van der Waals surface area contributed by atoms with Gasteiger partial charge in [0, 0.05) is 25.8 Å². The molecule has 1 aliphatic heterocycles. The van der Waals surface area contributed by atoms with Crippen molar-refractivity contribution in [3.63, 3.8) is 0 Å². The Kier molecular flexibility index (Phi) is 5.13. The summed E-state index contributed by atoms with van der Waals surface area (Å²) in [6, 6.07) is 0. The molecule has 1 atom stereocenters. The smallest absolute Gasteiger partial charge is 0.0964 e. The highest BCUT2D eigenvalue weighted by atomic mass is 15.4. The number of nitrogens with one attached hydrogen (secondary N) is 1. The summed E-state index contributed by atoms with van der Waals surface area (Å²) >= 11 is 0. The minimum Gasteiger partial charge on any atom is -0.311 e. The van der Waals surface area contributed by atoms with Crippen LogP contribution in [-0.4, -0.2) is 46.1 Å². The molecule has 1 saturated heterocycles. The SMILES string of the molecule is CCNCc1cn(CCN2CCCC(C)C2)nn1. The average Bonchev–Trinajstić information content (AvgIpc) is 2.82. The van der Waals surface area contributed by atoms with Crippen molar-refractivity contribution in [1.29, 1.82) is 0 Å². The molecule has 1 aromatic heterocycles. The second-order valence-electron chi connectivity index (χ2n) is 5.30. The molecule has 0 spiro atoms. The van der Waals surface area contributed by atoms with Crippen LogP contribution in [0.25, 0.3) is 0 Å². The molecule has 2 heterocycles. The minimum atomic E-state index is 0.817. The summed E-state index contributed by atoms with van der Waals surface area (Å²) in [5.41, 5.74) is 1.03. The Labute approximate surface area is 110 Å². The van der Waals surface area contributed by atoms with Crippen molar-refractivity contribution in [2.45, 2.75) is 39.8 Å². The number of likely N-dealkylation sites (tertiary alicyclic amines) is 1. The van der Waals surface area contributed by atoms with Crippen molar-refractivity contribution in [2.75, 3.05) is 26.2 Å². The molecule has 0 aliphatic carbocycles. The van der Waals surface area contributed by atoms with Gasteiger partial charge in [0.05, 0.1) is 12.2 Å². The molecule has 0 aromatic carbocycles. The standard InChI is InChI=1S/C13H25N5/c1-3-14-9-13-11-18(16-15-13)8-7-17-6-4-5-12(2)10-17/h11-12,14H,3-10H2,1-2H3. The number of nitrogens with zero attached hydrogens (tertiary/aromatic N) is 4. The van der Waals surface area contributed by atoms with Gasteiger partial charge in [-0.05, 0) is 31.8 Å². The molecule has 5 heteroatoms. The van der Waals surface area contributed by atoms with Crippen molar-refractivity contribution in [3.8, 4) is 0 Å². The van der Waals surface area contributed by atoms with E-state index in [1.807, 2.05) is 4.68 Å². The van der Waals surface area contributed by atoms with Crippen LogP contribution in [0.1, 0.15) is 32.4 Å². The lowest BCUT2D eigenvalue weighted by molar-refractivity contribution is 0.176. The third-order valence-corrected chi connectivity index (χ3v) is 3.53. The summed E-state index contributed by atoms with van der Waals surface area (Å²) in [4.78, 5) is 2.54. The summed E-state index contributed by atoms with van der Waals surface area (Å²) in [7, 11) is 0. The van der Waals surface area contributed by atoms with E-state index in [-0.39, 0.29) is 0 Å². The van der Waals surface area contributed by atoms with E-state index in [1.54, 1.807) is 0 Å². The zero-order valence-corrected chi connectivity index (χ0v) is 11.6. The van der Waals surface area contributed by atoms with Crippen LogP contribution in [0.2, 0.25) is 0 Å². The first-order valence-electron chi connectivity index (χ1n) is 7.10. The molecule has 2 rings (SSSR count). The zero-order valence-electron chi connectivity index (χ0n) is 11.6. The molecular weight excluding hydrogens is 226 g/mol. The number of aromatic nitrogens is 3. The largest absolute Gasteiger partial charge is 0.311 e. The molecule has 1 fully saturated rings. The van der Waals surface area contributed by atoms with Crippen LogP contribution >= 0.6 is 0 Å². The van der Waals surface area contributed by atoms with Gasteiger partial charge < -0.3 is 10.2 Å². The highest BCUT2D eigenvalue weighted by molar-refractivity contribution is 4.91. The van der Waals surface area contributed by atoms with Crippen LogP contribution < -0.4 is 5.32 Å². The Hall–Kier alpha value is -0.940. The molecule has 5 nitrogen and oxygen atoms in total. The lowest BCUT2D eigenvalue weighted by Gasteiger charge is -2.30. The second-order valence-corrected chi connectivity index (χ2v) is 5.30. The van der Waals surface area contributed by atoms with E-state index < -0.39 is 0 Å². The Bertz CT molecular complexity index is 349. The van der Waals surface area contributed by atoms with Gasteiger partial charge in [-0.3, -0.25) is 4.68 Å². The lowest BCUT2D eigenvalue weighted by Crippen LogP contribution is -2.36. The van der Waals surface area contributed by atoms with Crippen LogP contribution in [0, 0.1) is 5.92 Å². The third-order valence-electron chi connectivity index (χ3n) is 3.53. The molecule has 1 unspecified atom stereocenters. The first-order chi connectivity index (χ1) is 8.78. The lowest BCUT2D eigenvalue weighted by atomic mass is 10.0. The van der Waals surface area contributed by atoms with E-state index in [4.69, 9.17) is 0 Å². The highest BCUT2D eigenvalue weighted by Gasteiger charge is 2.15. The van der Waals surface area contributed by atoms with Gasteiger partial charge >= 0.3 is 0 Å². The monoisotopic (exact) mass is 251 g/mol. The Morgan fingerprint density at radius 1 is 1.44 bits per heavy atom. The number of hydrogen-bond donors (Lipinski definition) is 1. The first kappa shape index (κ1) is 13.5. The maximum atomic E-state index is 4.17. The molecule has 1 aliphatic rings. The fourth-order valence-corrected chi connectivity index (χ4v) is 2.52. The van der Waals surface area contributed by atoms with Crippen molar-refractivity contribution in [3.05, 3.63) is 11.9 Å². The summed E-state index contributed by atoms with van der Waals surface area (Å²) in [5, 5.41) is 11.6. The van der Waals surface area contributed by atoms with Crippen molar-refractivity contribution < 1.29 is 0 Å². The van der Waals surface area contributed by atoms with E-state index in [0.717, 1.165) is 37.8 Å². The van der Waals surface area contributed by atoms with Gasteiger partial charge in [-0.25, -0.2) is 0 Å². The van der Waals surface area contributed by atoms with Crippen LogP contribution in [-0.2, 0) is 13.1 Å². The van der Waals surface area contributed by atoms with Crippen LogP contribution in [0.4, 0.5) is 0 Å². The van der Waals surface area contributed by atoms with E-state index >= 15 is 0 Å². The molecule has 0 bridgehead atoms. The molecule has 18 heavy (non-hydrogen) atoms. The summed E-state index contributed by atoms with van der Waals surface area (Å²) in [6.07, 6.45) is 4.77. The Balaban J connectivity index is 1.74. The fourth-order valence-electron chi connectivity index (χ4n) is 2.52. The fraction of sp³-hybridized carbons (Fsp3) is 0.846. The first-order valence-corrected chi connectivity index (χ1v) is 7.10. The molecule has 0 saturated carbocycles. The number of hydrogen-bond acceptors (Lipinski definition) is 4. The Morgan fingerprint density at radius 3 is 3.11 bits per heavy atom. The average molecular weight is 251 g/mol. The van der Waals surface area contributed by atoms with E-state index in [2.05, 4.69) is 40.6 Å². The minimum absolute atomic E-state index is 0.817. The van der Waals surface area contributed by atoms with Crippen LogP contribution in [0.5, 0.6) is 0 Å².